The fourth-order valence-corrected chi connectivity index (χ4v) is 3.41. The van der Waals surface area contributed by atoms with E-state index in [-0.39, 0.29) is 36.4 Å². The van der Waals surface area contributed by atoms with Crippen LogP contribution < -0.4 is 9.47 Å². The van der Waals surface area contributed by atoms with E-state index >= 15 is 4.39 Å². The number of fused-ring (bicyclic) bond motifs is 2. The quantitative estimate of drug-likeness (QED) is 0.390. The van der Waals surface area contributed by atoms with Crippen LogP contribution in [0.2, 0.25) is 0 Å². The third kappa shape index (κ3) is 4.75. The van der Waals surface area contributed by atoms with E-state index < -0.39 is 17.5 Å². The maximum atomic E-state index is 15.1. The van der Waals surface area contributed by atoms with Crippen LogP contribution in [0.1, 0.15) is 57.2 Å². The Morgan fingerprint density at radius 3 is 2.43 bits per heavy atom. The zero-order chi connectivity index (χ0) is 21.8. The Balaban J connectivity index is 1.76. The molecule has 1 heterocycles. The first-order valence-corrected chi connectivity index (χ1v) is 10.6. The Bertz CT molecular complexity index is 898. The molecule has 2 unspecified atom stereocenters. The summed E-state index contributed by atoms with van der Waals surface area (Å²) < 4.78 is 60.3. The second-order valence-corrected chi connectivity index (χ2v) is 7.93. The van der Waals surface area contributed by atoms with E-state index in [2.05, 4.69) is 13.8 Å². The number of halogens is 3. The lowest BCUT2D eigenvalue weighted by molar-refractivity contribution is 0.0383. The molecule has 0 fully saturated rings. The molecule has 1 aliphatic heterocycles. The maximum Gasteiger partial charge on any atom is 0.205 e. The molecule has 0 aliphatic carbocycles. The predicted molar refractivity (Wildman–Crippen MR) is 110 cm³/mol. The average Bonchev–Trinajstić information content (AvgIpc) is 2.74. The monoisotopic (exact) mass is 422 g/mol. The fourth-order valence-electron chi connectivity index (χ4n) is 3.41. The van der Waals surface area contributed by atoms with Gasteiger partial charge in [-0.2, -0.15) is 8.78 Å². The van der Waals surface area contributed by atoms with Gasteiger partial charge in [-0.1, -0.05) is 32.4 Å². The number of ether oxygens (including phenoxy) is 3. The summed E-state index contributed by atoms with van der Waals surface area (Å²) in [5.74, 6) is -2.79. The molecule has 30 heavy (non-hydrogen) atoms. The molecule has 164 valence electrons. The van der Waals surface area contributed by atoms with Crippen molar-refractivity contribution >= 4 is 0 Å². The second-order valence-electron chi connectivity index (χ2n) is 7.93. The Labute approximate surface area is 176 Å². The molecule has 2 aromatic carbocycles. The van der Waals surface area contributed by atoms with Crippen molar-refractivity contribution in [2.24, 2.45) is 5.92 Å². The van der Waals surface area contributed by atoms with Gasteiger partial charge in [0.15, 0.2) is 23.1 Å². The minimum absolute atomic E-state index is 0.000367. The Morgan fingerprint density at radius 2 is 1.73 bits per heavy atom. The normalized spacial score (nSPS) is 14.5. The van der Waals surface area contributed by atoms with Crippen LogP contribution in [-0.2, 0) is 17.6 Å². The average molecular weight is 422 g/mol. The molecule has 0 N–H and O–H groups in total. The molecule has 0 saturated heterocycles. The molecule has 2 atom stereocenters. The van der Waals surface area contributed by atoms with Crippen LogP contribution in [0.5, 0.6) is 17.2 Å². The highest BCUT2D eigenvalue weighted by molar-refractivity contribution is 5.54. The van der Waals surface area contributed by atoms with Crippen molar-refractivity contribution in [1.29, 1.82) is 0 Å². The van der Waals surface area contributed by atoms with Crippen molar-refractivity contribution in [2.75, 3.05) is 13.2 Å². The van der Waals surface area contributed by atoms with E-state index in [9.17, 15) is 8.78 Å². The maximum absolute atomic E-state index is 15.1. The van der Waals surface area contributed by atoms with Gasteiger partial charge in [-0.3, -0.25) is 0 Å². The number of aryl methyl sites for hydroxylation is 1. The number of hydrogen-bond acceptors (Lipinski definition) is 3. The highest BCUT2D eigenvalue weighted by atomic mass is 19.2. The molecule has 0 saturated carbocycles. The van der Waals surface area contributed by atoms with Gasteiger partial charge in [-0.05, 0) is 44.2 Å². The first kappa shape index (κ1) is 22.5. The van der Waals surface area contributed by atoms with E-state index in [0.717, 1.165) is 6.42 Å². The lowest BCUT2D eigenvalue weighted by atomic mass is 9.96. The van der Waals surface area contributed by atoms with Crippen molar-refractivity contribution < 1.29 is 27.4 Å². The first-order valence-electron chi connectivity index (χ1n) is 10.6. The fraction of sp³-hybridized carbons (Fsp3) is 0.500. The molecule has 0 bridgehead atoms. The Kier molecular flexibility index (Phi) is 7.29. The first-order chi connectivity index (χ1) is 14.3. The number of hydrogen-bond donors (Lipinski definition) is 0. The van der Waals surface area contributed by atoms with Crippen LogP contribution >= 0.6 is 0 Å². The molecule has 0 aromatic heterocycles. The summed E-state index contributed by atoms with van der Waals surface area (Å²) in [6.07, 6.45) is 2.42. The van der Waals surface area contributed by atoms with Gasteiger partial charge in [0.05, 0.1) is 12.7 Å². The van der Waals surface area contributed by atoms with Crippen molar-refractivity contribution in [3.8, 4) is 17.2 Å². The van der Waals surface area contributed by atoms with Crippen LogP contribution in [0.25, 0.3) is 0 Å². The van der Waals surface area contributed by atoms with Crippen molar-refractivity contribution in [2.45, 2.75) is 59.5 Å². The Hall–Kier alpha value is -2.21. The second kappa shape index (κ2) is 9.73. The SMILES string of the molecule is CCOc1cc2c(c(F)c1F)Oc1c(ccc(CCC(C)OCC(C)CC)c1F)C2. The molecular formula is C24H29F3O3. The van der Waals surface area contributed by atoms with Gasteiger partial charge < -0.3 is 14.2 Å². The van der Waals surface area contributed by atoms with E-state index in [1.807, 2.05) is 6.92 Å². The lowest BCUT2D eigenvalue weighted by Crippen LogP contribution is -2.15. The van der Waals surface area contributed by atoms with Crippen LogP contribution in [0, 0.1) is 23.4 Å². The van der Waals surface area contributed by atoms with E-state index in [4.69, 9.17) is 14.2 Å². The summed E-state index contributed by atoms with van der Waals surface area (Å²) in [5, 5.41) is 0. The largest absolute Gasteiger partial charge is 0.491 e. The van der Waals surface area contributed by atoms with Crippen molar-refractivity contribution in [3.63, 3.8) is 0 Å². The molecule has 0 spiro atoms. The summed E-state index contributed by atoms with van der Waals surface area (Å²) in [4.78, 5) is 0. The molecule has 2 aromatic rings. The summed E-state index contributed by atoms with van der Waals surface area (Å²) in [6, 6.07) is 4.93. The molecule has 1 aliphatic rings. The zero-order valence-electron chi connectivity index (χ0n) is 18.0. The van der Waals surface area contributed by atoms with Crippen LogP contribution in [0.4, 0.5) is 13.2 Å². The summed E-state index contributed by atoms with van der Waals surface area (Å²) >= 11 is 0. The molecule has 6 heteroatoms. The summed E-state index contributed by atoms with van der Waals surface area (Å²) in [7, 11) is 0. The molecule has 3 rings (SSSR count). The highest BCUT2D eigenvalue weighted by Crippen LogP contribution is 2.43. The van der Waals surface area contributed by atoms with Gasteiger partial charge in [-0.25, -0.2) is 4.39 Å². The van der Waals surface area contributed by atoms with Gasteiger partial charge in [-0.15, -0.1) is 0 Å². The zero-order valence-corrected chi connectivity index (χ0v) is 18.0. The molecule has 3 nitrogen and oxygen atoms in total. The van der Waals surface area contributed by atoms with Crippen molar-refractivity contribution in [3.05, 3.63) is 52.3 Å². The van der Waals surface area contributed by atoms with E-state index in [1.54, 1.807) is 19.1 Å². The van der Waals surface area contributed by atoms with Crippen molar-refractivity contribution in [1.82, 2.24) is 0 Å². The standard InChI is InChI=1S/C24H29F3O3/c1-5-14(3)13-29-15(4)7-8-16-9-10-17-11-18-12-19(28-6-2)21(26)22(27)24(18)30-23(17)20(16)25/h9-10,12,14-15H,5-8,11,13H2,1-4H3. The third-order valence-electron chi connectivity index (χ3n) is 5.53. The third-order valence-corrected chi connectivity index (χ3v) is 5.53. The predicted octanol–water partition coefficient (Wildman–Crippen LogP) is 6.58. The summed E-state index contributed by atoms with van der Waals surface area (Å²) in [5.41, 5.74) is 1.50. The van der Waals surface area contributed by atoms with E-state index in [1.165, 1.54) is 6.07 Å². The summed E-state index contributed by atoms with van der Waals surface area (Å²) in [6.45, 7) is 8.80. The number of benzene rings is 2. The van der Waals surface area contributed by atoms with Gasteiger partial charge in [0, 0.05) is 24.2 Å². The number of rotatable bonds is 9. The molecule has 0 radical (unpaired) electrons. The molecular weight excluding hydrogens is 393 g/mol. The van der Waals surface area contributed by atoms with Gasteiger partial charge in [0.1, 0.15) is 0 Å². The topological polar surface area (TPSA) is 27.7 Å². The van der Waals surface area contributed by atoms with Gasteiger partial charge >= 0.3 is 0 Å². The highest BCUT2D eigenvalue weighted by Gasteiger charge is 2.28. The molecule has 0 amide bonds. The lowest BCUT2D eigenvalue weighted by Gasteiger charge is -2.23. The van der Waals surface area contributed by atoms with Crippen LogP contribution in [0.15, 0.2) is 18.2 Å². The van der Waals surface area contributed by atoms with Crippen LogP contribution in [0.3, 0.4) is 0 Å². The van der Waals surface area contributed by atoms with Gasteiger partial charge in [0.2, 0.25) is 11.6 Å². The smallest absolute Gasteiger partial charge is 0.205 e. The minimum Gasteiger partial charge on any atom is -0.491 e. The van der Waals surface area contributed by atoms with Crippen LogP contribution in [-0.4, -0.2) is 19.3 Å². The van der Waals surface area contributed by atoms with Gasteiger partial charge in [0.25, 0.3) is 0 Å². The Morgan fingerprint density at radius 1 is 1.00 bits per heavy atom. The minimum atomic E-state index is -1.15. The van der Waals surface area contributed by atoms with E-state index in [0.29, 0.717) is 42.1 Å².